The van der Waals surface area contributed by atoms with Crippen molar-refractivity contribution in [3.8, 4) is 0 Å². The molecule has 16 heteroatoms. The Morgan fingerprint density at radius 1 is 0.574 bits per heavy atom. The molecule has 1 nitrogen and oxygen atoms in total. The van der Waals surface area contributed by atoms with Crippen LogP contribution in [0.25, 0.3) is 0 Å². The fraction of sp³-hybridized carbons (Fsp3) is 0.774. The summed E-state index contributed by atoms with van der Waals surface area (Å²) in [5.41, 5.74) is -0.991. The van der Waals surface area contributed by atoms with Crippen molar-refractivity contribution >= 4 is 5.78 Å². The summed E-state index contributed by atoms with van der Waals surface area (Å²) in [6, 6.07) is 3.07. The molecule has 0 bridgehead atoms. The fourth-order valence-electron chi connectivity index (χ4n) is 6.75. The van der Waals surface area contributed by atoms with Gasteiger partial charge in [-0.15, -0.1) is 0 Å². The van der Waals surface area contributed by atoms with Crippen molar-refractivity contribution in [2.24, 2.45) is 17.8 Å². The van der Waals surface area contributed by atoms with Gasteiger partial charge in [0.25, 0.3) is 0 Å². The highest BCUT2D eigenvalue weighted by Crippen LogP contribution is 2.62. The van der Waals surface area contributed by atoms with E-state index in [1.807, 2.05) is 0 Å². The summed E-state index contributed by atoms with van der Waals surface area (Å²) in [4.78, 5) is 12.2. The van der Waals surface area contributed by atoms with Crippen molar-refractivity contribution in [2.45, 2.75) is 132 Å². The van der Waals surface area contributed by atoms with E-state index in [4.69, 9.17) is 0 Å². The Morgan fingerprint density at radius 2 is 1.00 bits per heavy atom. The highest BCUT2D eigenvalue weighted by Gasteiger charge is 2.94. The van der Waals surface area contributed by atoms with Gasteiger partial charge in [0.1, 0.15) is 0 Å². The molecule has 0 aromatic heterocycles. The monoisotopic (exact) mass is 708 g/mol. The maximum Gasteiger partial charge on any atom is 0.460 e. The molecule has 2 aliphatic carbocycles. The van der Waals surface area contributed by atoms with Gasteiger partial charge in [-0.05, 0) is 67.8 Å². The number of hydrogen-bond acceptors (Lipinski definition) is 1. The van der Waals surface area contributed by atoms with Crippen LogP contribution in [0.2, 0.25) is 0 Å². The third-order valence-electron chi connectivity index (χ3n) is 9.80. The van der Waals surface area contributed by atoms with Crippen molar-refractivity contribution in [1.82, 2.24) is 0 Å². The highest BCUT2D eigenvalue weighted by molar-refractivity contribution is 6.02. The van der Waals surface area contributed by atoms with E-state index in [-0.39, 0.29) is 5.92 Å². The predicted molar refractivity (Wildman–Crippen MR) is 141 cm³/mol. The van der Waals surface area contributed by atoms with Crippen LogP contribution in [0.1, 0.15) is 106 Å². The lowest BCUT2D eigenvalue weighted by Crippen LogP contribution is -2.73. The van der Waals surface area contributed by atoms with Crippen LogP contribution in [0.4, 0.5) is 65.9 Å². The topological polar surface area (TPSA) is 17.1 Å². The number of halogens is 15. The largest absolute Gasteiger partial charge is 0.460 e. The van der Waals surface area contributed by atoms with Crippen molar-refractivity contribution in [2.75, 3.05) is 0 Å². The van der Waals surface area contributed by atoms with Crippen molar-refractivity contribution in [3.63, 3.8) is 0 Å². The van der Waals surface area contributed by atoms with Crippen LogP contribution in [-0.2, 0) is 0 Å². The SMILES string of the molecule is CCCCCC1CCC(C2CCC(c3ccc(C(=O)C(F)(F)C(F)(F)C(F)(F)C(F)(F)C(F)(F)C(F)(F)C(F)(F)F)cc3)CC2)CC1. The Bertz CT molecular complexity index is 1190. The summed E-state index contributed by atoms with van der Waals surface area (Å²) in [5.74, 6) is -49.6. The summed E-state index contributed by atoms with van der Waals surface area (Å²) >= 11 is 0. The summed E-state index contributed by atoms with van der Waals surface area (Å²) in [6.07, 6.45) is 4.68. The van der Waals surface area contributed by atoms with E-state index < -0.39 is 53.1 Å². The van der Waals surface area contributed by atoms with Gasteiger partial charge in [-0.1, -0.05) is 69.7 Å². The van der Waals surface area contributed by atoms with Crippen LogP contribution < -0.4 is 0 Å². The molecule has 0 aliphatic heterocycles. The second kappa shape index (κ2) is 13.6. The second-order valence-electron chi connectivity index (χ2n) is 12.8. The minimum Gasteiger partial charge on any atom is -0.287 e. The van der Waals surface area contributed by atoms with Gasteiger partial charge in [0.15, 0.2) is 0 Å². The zero-order valence-corrected chi connectivity index (χ0v) is 25.2. The zero-order valence-electron chi connectivity index (χ0n) is 25.2. The molecule has 2 saturated carbocycles. The van der Waals surface area contributed by atoms with E-state index in [0.29, 0.717) is 42.4 Å². The third kappa shape index (κ3) is 6.98. The smallest absolute Gasteiger partial charge is 0.287 e. The Hall–Kier alpha value is -2.16. The quantitative estimate of drug-likeness (QED) is 0.113. The summed E-state index contributed by atoms with van der Waals surface area (Å²) in [7, 11) is 0. The molecule has 1 aromatic rings. The number of benzene rings is 1. The molecule has 3 rings (SSSR count). The Balaban J connectivity index is 1.69. The summed E-state index contributed by atoms with van der Waals surface area (Å²) in [5, 5.41) is 0. The second-order valence-corrected chi connectivity index (χ2v) is 12.8. The lowest BCUT2D eigenvalue weighted by atomic mass is 9.68. The van der Waals surface area contributed by atoms with Crippen molar-refractivity contribution in [3.05, 3.63) is 35.4 Å². The standard InChI is InChI=1S/C31H35F15O/c1-2-3-4-5-18-6-8-19(9-7-18)20-10-12-21(13-11-20)22-14-16-23(17-15-22)24(47)25(32,33)26(34,35)27(36,37)28(38,39)29(40,41)30(42,43)31(44,45)46/h14-21H,2-13H2,1H3. The number of alkyl halides is 15. The third-order valence-corrected chi connectivity index (χ3v) is 9.80. The molecule has 0 heterocycles. The molecule has 0 spiro atoms. The Morgan fingerprint density at radius 3 is 1.45 bits per heavy atom. The maximum absolute atomic E-state index is 14.4. The van der Waals surface area contributed by atoms with E-state index in [1.165, 1.54) is 32.1 Å². The highest BCUT2D eigenvalue weighted by atomic mass is 19.4. The first-order valence-electron chi connectivity index (χ1n) is 15.4. The molecular formula is C31H35F15O. The lowest BCUT2D eigenvalue weighted by molar-refractivity contribution is -0.449. The average Bonchev–Trinajstić information content (AvgIpc) is 3.00. The number of ketones is 1. The van der Waals surface area contributed by atoms with Crippen LogP contribution in [-0.4, -0.2) is 47.5 Å². The number of carbonyl (C=O) groups is 1. The molecule has 0 amide bonds. The molecule has 0 N–H and O–H groups in total. The summed E-state index contributed by atoms with van der Waals surface area (Å²) < 4.78 is 203. The predicted octanol–water partition coefficient (Wildman–Crippen LogP) is 11.9. The first-order valence-corrected chi connectivity index (χ1v) is 15.4. The molecule has 2 aliphatic rings. The Kier molecular flexibility index (Phi) is 11.4. The molecule has 0 atom stereocenters. The average molecular weight is 709 g/mol. The minimum absolute atomic E-state index is 0.150. The molecule has 0 radical (unpaired) electrons. The van der Waals surface area contributed by atoms with Gasteiger partial charge in [-0.2, -0.15) is 65.9 Å². The molecule has 0 unspecified atom stereocenters. The molecule has 2 fully saturated rings. The van der Waals surface area contributed by atoms with E-state index in [9.17, 15) is 70.7 Å². The zero-order chi connectivity index (χ0) is 35.9. The van der Waals surface area contributed by atoms with Gasteiger partial charge in [0.05, 0.1) is 0 Å². The Labute approximate surface area is 261 Å². The number of unbranched alkanes of at least 4 members (excludes halogenated alkanes) is 2. The fourth-order valence-corrected chi connectivity index (χ4v) is 6.75. The number of rotatable bonds is 13. The normalized spacial score (nSPS) is 24.3. The van der Waals surface area contributed by atoms with Gasteiger partial charge in [0, 0.05) is 5.56 Å². The van der Waals surface area contributed by atoms with Gasteiger partial charge >= 0.3 is 41.7 Å². The van der Waals surface area contributed by atoms with Crippen molar-refractivity contribution < 1.29 is 70.7 Å². The maximum atomic E-state index is 14.4. The van der Waals surface area contributed by atoms with Gasteiger partial charge in [-0.25, -0.2) is 0 Å². The van der Waals surface area contributed by atoms with Gasteiger partial charge in [-0.3, -0.25) is 4.79 Å². The molecule has 47 heavy (non-hydrogen) atoms. The van der Waals surface area contributed by atoms with E-state index in [1.54, 1.807) is 0 Å². The van der Waals surface area contributed by atoms with Gasteiger partial charge in [0.2, 0.25) is 5.78 Å². The lowest BCUT2D eigenvalue weighted by Gasteiger charge is -2.41. The first kappa shape index (κ1) is 39.3. The van der Waals surface area contributed by atoms with Crippen molar-refractivity contribution in [1.29, 1.82) is 0 Å². The molecule has 0 saturated heterocycles. The van der Waals surface area contributed by atoms with Crippen LogP contribution in [0, 0.1) is 17.8 Å². The summed E-state index contributed by atoms with van der Waals surface area (Å²) in [6.45, 7) is 2.15. The van der Waals surface area contributed by atoms with E-state index in [2.05, 4.69) is 6.92 Å². The number of hydrogen-bond donors (Lipinski definition) is 0. The molecule has 270 valence electrons. The van der Waals surface area contributed by atoms with Crippen LogP contribution >= 0.6 is 0 Å². The minimum atomic E-state index is -8.43. The van der Waals surface area contributed by atoms with Gasteiger partial charge < -0.3 is 0 Å². The number of Topliss-reactive ketones (excluding diaryl/α,β-unsaturated/α-hetero) is 1. The van der Waals surface area contributed by atoms with E-state index in [0.717, 1.165) is 50.2 Å². The molecule has 1 aromatic carbocycles. The van der Waals surface area contributed by atoms with Crippen LogP contribution in [0.3, 0.4) is 0 Å². The van der Waals surface area contributed by atoms with E-state index >= 15 is 0 Å². The first-order chi connectivity index (χ1) is 21.4. The molecular weight excluding hydrogens is 673 g/mol. The van der Waals surface area contributed by atoms with Crippen LogP contribution in [0.5, 0.6) is 0 Å². The number of carbonyl (C=O) groups excluding carboxylic acids is 1. The van der Waals surface area contributed by atoms with Crippen LogP contribution in [0.15, 0.2) is 24.3 Å².